The first-order chi connectivity index (χ1) is 10.7. The fourth-order valence-electron chi connectivity index (χ4n) is 3.23. The smallest absolute Gasteiger partial charge is 0.0488 e. The highest BCUT2D eigenvalue weighted by atomic mass is 15.1. The van der Waals surface area contributed by atoms with Gasteiger partial charge in [0.2, 0.25) is 0 Å². The molecule has 0 radical (unpaired) electrons. The number of rotatable bonds is 5. The monoisotopic (exact) mass is 292 g/mol. The summed E-state index contributed by atoms with van der Waals surface area (Å²) in [5, 5.41) is 1.36. The van der Waals surface area contributed by atoms with Crippen molar-refractivity contribution in [3.63, 3.8) is 0 Å². The van der Waals surface area contributed by atoms with Crippen LogP contribution >= 0.6 is 0 Å². The first-order valence-electron chi connectivity index (χ1n) is 7.96. The zero-order valence-corrected chi connectivity index (χ0v) is 13.7. The van der Waals surface area contributed by atoms with Gasteiger partial charge in [-0.2, -0.15) is 0 Å². The van der Waals surface area contributed by atoms with Crippen LogP contribution < -0.4 is 0 Å². The van der Waals surface area contributed by atoms with Crippen molar-refractivity contribution in [2.24, 2.45) is 0 Å². The molecule has 1 heterocycles. The Morgan fingerprint density at radius 3 is 2.32 bits per heavy atom. The number of aromatic nitrogens is 1. The predicted molar refractivity (Wildman–Crippen MR) is 95.3 cm³/mol. The van der Waals surface area contributed by atoms with Gasteiger partial charge in [0.15, 0.2) is 0 Å². The van der Waals surface area contributed by atoms with Gasteiger partial charge in [0.05, 0.1) is 0 Å². The fourth-order valence-corrected chi connectivity index (χ4v) is 3.23. The topological polar surface area (TPSA) is 8.17 Å². The molecule has 2 heteroatoms. The molecule has 0 unspecified atom stereocenters. The Labute approximate surface area is 133 Å². The van der Waals surface area contributed by atoms with Crippen LogP contribution in [0.4, 0.5) is 0 Å². The van der Waals surface area contributed by atoms with Crippen LogP contribution in [0.5, 0.6) is 0 Å². The van der Waals surface area contributed by atoms with Crippen LogP contribution in [0, 0.1) is 6.92 Å². The second-order valence-electron chi connectivity index (χ2n) is 6.15. The molecule has 1 aromatic heterocycles. The lowest BCUT2D eigenvalue weighted by Gasteiger charge is -2.12. The third kappa shape index (κ3) is 2.79. The van der Waals surface area contributed by atoms with E-state index in [0.29, 0.717) is 0 Å². The Bertz CT molecular complexity index is 754. The second-order valence-corrected chi connectivity index (χ2v) is 6.15. The summed E-state index contributed by atoms with van der Waals surface area (Å²) in [4.78, 5) is 2.25. The van der Waals surface area contributed by atoms with Gasteiger partial charge < -0.3 is 9.47 Å². The molecule has 0 fully saturated rings. The molecule has 22 heavy (non-hydrogen) atoms. The molecule has 0 atom stereocenters. The number of hydrogen-bond donors (Lipinski definition) is 0. The number of para-hydroxylation sites is 1. The molecular formula is C20H24N2. The molecule has 114 valence electrons. The molecule has 0 N–H and O–H groups in total. The molecule has 0 aliphatic rings. The minimum absolute atomic E-state index is 1.07. The summed E-state index contributed by atoms with van der Waals surface area (Å²) in [5.41, 5.74) is 5.40. The maximum Gasteiger partial charge on any atom is 0.0488 e. The van der Waals surface area contributed by atoms with E-state index in [4.69, 9.17) is 0 Å². The maximum atomic E-state index is 2.47. The lowest BCUT2D eigenvalue weighted by molar-refractivity contribution is 0.387. The lowest BCUT2D eigenvalue weighted by atomic mass is 10.0. The summed E-state index contributed by atoms with van der Waals surface area (Å²) >= 11 is 0. The zero-order valence-electron chi connectivity index (χ0n) is 13.7. The summed E-state index contributed by atoms with van der Waals surface area (Å²) in [6, 6.07) is 19.5. The minimum atomic E-state index is 1.07. The summed E-state index contributed by atoms with van der Waals surface area (Å²) in [5.74, 6) is 0. The quantitative estimate of drug-likeness (QED) is 0.669. The zero-order chi connectivity index (χ0) is 15.5. The molecule has 0 aliphatic heterocycles. The Hall–Kier alpha value is -2.06. The Morgan fingerprint density at radius 1 is 0.909 bits per heavy atom. The lowest BCUT2D eigenvalue weighted by Crippen LogP contribution is -2.15. The van der Waals surface area contributed by atoms with E-state index in [1.807, 2.05) is 0 Å². The minimum Gasteiger partial charge on any atom is -0.344 e. The van der Waals surface area contributed by atoms with Gasteiger partial charge in [0, 0.05) is 28.7 Å². The molecule has 2 nitrogen and oxygen atoms in total. The van der Waals surface area contributed by atoms with Crippen LogP contribution in [-0.2, 0) is 6.54 Å². The van der Waals surface area contributed by atoms with Crippen LogP contribution in [0.3, 0.4) is 0 Å². The van der Waals surface area contributed by atoms with Crippen LogP contribution in [0.2, 0.25) is 0 Å². The van der Waals surface area contributed by atoms with E-state index in [1.165, 1.54) is 34.1 Å². The number of fused-ring (bicyclic) bond motifs is 1. The van der Waals surface area contributed by atoms with Gasteiger partial charge in [-0.15, -0.1) is 0 Å². The average Bonchev–Trinajstić information content (AvgIpc) is 2.80. The van der Waals surface area contributed by atoms with E-state index in [0.717, 1.165) is 13.1 Å². The second kappa shape index (κ2) is 6.37. The maximum absolute atomic E-state index is 2.47. The van der Waals surface area contributed by atoms with Crippen molar-refractivity contribution in [2.45, 2.75) is 19.9 Å². The molecule has 0 spiro atoms. The van der Waals surface area contributed by atoms with Crippen molar-refractivity contribution in [1.29, 1.82) is 0 Å². The van der Waals surface area contributed by atoms with Gasteiger partial charge in [0.25, 0.3) is 0 Å². The van der Waals surface area contributed by atoms with Crippen LogP contribution in [0.15, 0.2) is 54.6 Å². The molecule has 0 saturated carbocycles. The van der Waals surface area contributed by atoms with Crippen molar-refractivity contribution in [1.82, 2.24) is 9.47 Å². The van der Waals surface area contributed by atoms with Crippen LogP contribution in [0.25, 0.3) is 22.0 Å². The first-order valence-corrected chi connectivity index (χ1v) is 7.96. The third-order valence-electron chi connectivity index (χ3n) is 4.28. The number of hydrogen-bond acceptors (Lipinski definition) is 1. The van der Waals surface area contributed by atoms with Crippen molar-refractivity contribution in [3.8, 4) is 11.1 Å². The molecule has 3 rings (SSSR count). The van der Waals surface area contributed by atoms with Gasteiger partial charge in [0.1, 0.15) is 0 Å². The molecule has 0 saturated heterocycles. The van der Waals surface area contributed by atoms with Gasteiger partial charge >= 0.3 is 0 Å². The number of aryl methyl sites for hydroxylation is 1. The molecular weight excluding hydrogens is 268 g/mol. The van der Waals surface area contributed by atoms with Crippen LogP contribution in [0.1, 0.15) is 12.1 Å². The van der Waals surface area contributed by atoms with Gasteiger partial charge in [-0.1, -0.05) is 48.5 Å². The normalized spacial score (nSPS) is 11.5. The Morgan fingerprint density at radius 2 is 1.59 bits per heavy atom. The summed E-state index contributed by atoms with van der Waals surface area (Å²) in [6.07, 6.45) is 1.17. The highest BCUT2D eigenvalue weighted by molar-refractivity contribution is 5.98. The van der Waals surface area contributed by atoms with E-state index in [-0.39, 0.29) is 0 Å². The summed E-state index contributed by atoms with van der Waals surface area (Å²) in [6.45, 7) is 4.43. The highest BCUT2D eigenvalue weighted by Gasteiger charge is 2.14. The van der Waals surface area contributed by atoms with E-state index in [1.54, 1.807) is 0 Å². The predicted octanol–water partition coefficient (Wildman–Crippen LogP) is 4.57. The van der Waals surface area contributed by atoms with E-state index in [9.17, 15) is 0 Å². The Balaban J connectivity index is 2.08. The van der Waals surface area contributed by atoms with Crippen molar-refractivity contribution >= 4 is 10.9 Å². The van der Waals surface area contributed by atoms with Crippen molar-refractivity contribution in [2.75, 3.05) is 20.6 Å². The highest BCUT2D eigenvalue weighted by Crippen LogP contribution is 2.34. The Kier molecular flexibility index (Phi) is 4.30. The summed E-state index contributed by atoms with van der Waals surface area (Å²) < 4.78 is 2.47. The molecule has 0 bridgehead atoms. The molecule has 3 aromatic rings. The van der Waals surface area contributed by atoms with Gasteiger partial charge in [-0.25, -0.2) is 0 Å². The standard InChI is InChI=1S/C20H24N2/c1-16-20(17-10-5-4-6-11-17)18-12-7-8-13-19(18)22(16)15-9-14-21(2)3/h4-8,10-13H,9,14-15H2,1-3H3. The molecule has 0 amide bonds. The third-order valence-corrected chi connectivity index (χ3v) is 4.28. The first kappa shape index (κ1) is 14.9. The van der Waals surface area contributed by atoms with E-state index >= 15 is 0 Å². The van der Waals surface area contributed by atoms with Gasteiger partial charge in [-0.05, 0) is 45.6 Å². The largest absolute Gasteiger partial charge is 0.344 e. The molecule has 2 aromatic carbocycles. The van der Waals surface area contributed by atoms with Crippen LogP contribution in [-0.4, -0.2) is 30.1 Å². The fraction of sp³-hybridized carbons (Fsp3) is 0.300. The van der Waals surface area contributed by atoms with Gasteiger partial charge in [-0.3, -0.25) is 0 Å². The van der Waals surface area contributed by atoms with E-state index < -0.39 is 0 Å². The van der Waals surface area contributed by atoms with Crippen molar-refractivity contribution in [3.05, 3.63) is 60.3 Å². The molecule has 0 aliphatic carbocycles. The number of nitrogens with zero attached hydrogens (tertiary/aromatic N) is 2. The average molecular weight is 292 g/mol. The SMILES string of the molecule is Cc1c(-c2ccccc2)c2ccccc2n1CCCN(C)C. The summed E-state index contributed by atoms with van der Waals surface area (Å²) in [7, 11) is 4.27. The van der Waals surface area contributed by atoms with E-state index in [2.05, 4.69) is 85.1 Å². The number of benzene rings is 2. The van der Waals surface area contributed by atoms with Crippen molar-refractivity contribution < 1.29 is 0 Å².